The Kier molecular flexibility index (Phi) is 3.94. The van der Waals surface area contributed by atoms with Gasteiger partial charge in [0.1, 0.15) is 0 Å². The normalized spacial score (nSPS) is 30.4. The summed E-state index contributed by atoms with van der Waals surface area (Å²) in [6, 6.07) is 0. The SMILES string of the molecule is C=C(C)CCC1CN(C)CC(C)O1. The molecular weight excluding hydrogens is 162 g/mol. The standard InChI is InChI=1S/C11H21NO/c1-9(2)5-6-11-8-12(4)7-10(3)13-11/h10-11H,1,5-8H2,2-4H3. The molecule has 1 aliphatic rings. The van der Waals surface area contributed by atoms with Crippen LogP contribution < -0.4 is 0 Å². The van der Waals surface area contributed by atoms with Crippen molar-refractivity contribution in [3.8, 4) is 0 Å². The first-order chi connectivity index (χ1) is 6.08. The van der Waals surface area contributed by atoms with Crippen LogP contribution >= 0.6 is 0 Å². The highest BCUT2D eigenvalue weighted by Gasteiger charge is 2.22. The molecule has 0 bridgehead atoms. The lowest BCUT2D eigenvalue weighted by Crippen LogP contribution is -2.44. The zero-order chi connectivity index (χ0) is 9.84. The highest BCUT2D eigenvalue weighted by atomic mass is 16.5. The maximum Gasteiger partial charge on any atom is 0.0709 e. The average Bonchev–Trinajstić information content (AvgIpc) is 1.99. The molecule has 0 aliphatic carbocycles. The molecule has 0 radical (unpaired) electrons. The Morgan fingerprint density at radius 2 is 2.23 bits per heavy atom. The molecule has 0 aromatic heterocycles. The molecule has 0 aromatic carbocycles. The van der Waals surface area contributed by atoms with Crippen LogP contribution in [0.15, 0.2) is 12.2 Å². The van der Waals surface area contributed by atoms with Gasteiger partial charge in [-0.1, -0.05) is 5.57 Å². The molecule has 1 fully saturated rings. The topological polar surface area (TPSA) is 12.5 Å². The first-order valence-electron chi connectivity index (χ1n) is 5.06. The van der Waals surface area contributed by atoms with Crippen LogP contribution in [0.25, 0.3) is 0 Å². The Morgan fingerprint density at radius 1 is 1.54 bits per heavy atom. The molecule has 1 aliphatic heterocycles. The molecule has 0 N–H and O–H groups in total. The van der Waals surface area contributed by atoms with E-state index in [0.717, 1.165) is 25.9 Å². The Bertz CT molecular complexity index is 169. The highest BCUT2D eigenvalue weighted by Crippen LogP contribution is 2.15. The van der Waals surface area contributed by atoms with E-state index in [2.05, 4.69) is 32.4 Å². The van der Waals surface area contributed by atoms with Gasteiger partial charge in [-0.2, -0.15) is 0 Å². The van der Waals surface area contributed by atoms with Gasteiger partial charge < -0.3 is 9.64 Å². The Labute approximate surface area is 81.6 Å². The van der Waals surface area contributed by atoms with Crippen molar-refractivity contribution < 1.29 is 4.74 Å². The van der Waals surface area contributed by atoms with Crippen LogP contribution in [0.1, 0.15) is 26.7 Å². The molecular formula is C11H21NO. The fourth-order valence-electron chi connectivity index (χ4n) is 1.84. The maximum atomic E-state index is 5.82. The molecule has 0 saturated carbocycles. The molecule has 2 atom stereocenters. The molecule has 13 heavy (non-hydrogen) atoms. The lowest BCUT2D eigenvalue weighted by molar-refractivity contribution is -0.0721. The summed E-state index contributed by atoms with van der Waals surface area (Å²) >= 11 is 0. The van der Waals surface area contributed by atoms with E-state index < -0.39 is 0 Å². The van der Waals surface area contributed by atoms with Crippen molar-refractivity contribution in [3.63, 3.8) is 0 Å². The van der Waals surface area contributed by atoms with Gasteiger partial charge in [0.15, 0.2) is 0 Å². The molecule has 2 heteroatoms. The van der Waals surface area contributed by atoms with Gasteiger partial charge in [0.2, 0.25) is 0 Å². The average molecular weight is 183 g/mol. The number of nitrogens with zero attached hydrogens (tertiary/aromatic N) is 1. The summed E-state index contributed by atoms with van der Waals surface area (Å²) in [5, 5.41) is 0. The fraction of sp³-hybridized carbons (Fsp3) is 0.818. The summed E-state index contributed by atoms with van der Waals surface area (Å²) in [5.74, 6) is 0. The van der Waals surface area contributed by atoms with Crippen molar-refractivity contribution >= 4 is 0 Å². The lowest BCUT2D eigenvalue weighted by Gasteiger charge is -2.34. The number of ether oxygens (including phenoxy) is 1. The Morgan fingerprint density at radius 3 is 2.77 bits per heavy atom. The molecule has 0 aromatic rings. The monoisotopic (exact) mass is 183 g/mol. The van der Waals surface area contributed by atoms with Gasteiger partial charge in [0, 0.05) is 13.1 Å². The van der Waals surface area contributed by atoms with E-state index in [4.69, 9.17) is 4.74 Å². The third kappa shape index (κ3) is 3.92. The predicted molar refractivity (Wildman–Crippen MR) is 55.9 cm³/mol. The van der Waals surface area contributed by atoms with E-state index in [1.807, 2.05) is 0 Å². The zero-order valence-corrected chi connectivity index (χ0v) is 9.05. The van der Waals surface area contributed by atoms with Crippen LogP contribution in [-0.2, 0) is 4.74 Å². The highest BCUT2D eigenvalue weighted by molar-refractivity contribution is 4.89. The van der Waals surface area contributed by atoms with Crippen LogP contribution in [0, 0.1) is 0 Å². The Hall–Kier alpha value is -0.340. The van der Waals surface area contributed by atoms with Gasteiger partial charge in [-0.25, -0.2) is 0 Å². The number of hydrogen-bond donors (Lipinski definition) is 0. The number of hydrogen-bond acceptors (Lipinski definition) is 2. The second-order valence-electron chi connectivity index (χ2n) is 4.29. The van der Waals surface area contributed by atoms with Crippen molar-refractivity contribution in [2.24, 2.45) is 0 Å². The van der Waals surface area contributed by atoms with Gasteiger partial charge in [-0.3, -0.25) is 0 Å². The van der Waals surface area contributed by atoms with Crippen molar-refractivity contribution in [1.82, 2.24) is 4.90 Å². The molecule has 2 unspecified atom stereocenters. The van der Waals surface area contributed by atoms with Crippen LogP contribution in [0.3, 0.4) is 0 Å². The van der Waals surface area contributed by atoms with Crippen LogP contribution in [-0.4, -0.2) is 37.2 Å². The molecule has 0 spiro atoms. The van der Waals surface area contributed by atoms with Crippen molar-refractivity contribution in [2.75, 3.05) is 20.1 Å². The molecule has 76 valence electrons. The molecule has 1 rings (SSSR count). The molecule has 1 heterocycles. The van der Waals surface area contributed by atoms with Gasteiger partial charge in [-0.05, 0) is 33.7 Å². The number of morpholine rings is 1. The molecule has 0 amide bonds. The second-order valence-corrected chi connectivity index (χ2v) is 4.29. The van der Waals surface area contributed by atoms with E-state index in [-0.39, 0.29) is 0 Å². The zero-order valence-electron chi connectivity index (χ0n) is 9.05. The molecule has 2 nitrogen and oxygen atoms in total. The number of rotatable bonds is 3. The fourth-order valence-corrected chi connectivity index (χ4v) is 1.84. The van der Waals surface area contributed by atoms with Crippen molar-refractivity contribution in [1.29, 1.82) is 0 Å². The lowest BCUT2D eigenvalue weighted by atomic mass is 10.1. The van der Waals surface area contributed by atoms with Crippen LogP contribution in [0.5, 0.6) is 0 Å². The third-order valence-corrected chi connectivity index (χ3v) is 2.40. The van der Waals surface area contributed by atoms with Crippen LogP contribution in [0.4, 0.5) is 0 Å². The first kappa shape index (κ1) is 10.7. The third-order valence-electron chi connectivity index (χ3n) is 2.40. The molecule has 1 saturated heterocycles. The smallest absolute Gasteiger partial charge is 0.0709 e. The van der Waals surface area contributed by atoms with Gasteiger partial charge in [0.25, 0.3) is 0 Å². The second kappa shape index (κ2) is 4.77. The minimum atomic E-state index is 0.383. The van der Waals surface area contributed by atoms with E-state index in [9.17, 15) is 0 Å². The summed E-state index contributed by atoms with van der Waals surface area (Å²) < 4.78 is 5.82. The minimum Gasteiger partial charge on any atom is -0.373 e. The summed E-state index contributed by atoms with van der Waals surface area (Å²) in [4.78, 5) is 2.34. The summed E-state index contributed by atoms with van der Waals surface area (Å²) in [6.07, 6.45) is 2.99. The van der Waals surface area contributed by atoms with Gasteiger partial charge in [-0.15, -0.1) is 6.58 Å². The largest absolute Gasteiger partial charge is 0.373 e. The van der Waals surface area contributed by atoms with E-state index >= 15 is 0 Å². The van der Waals surface area contributed by atoms with E-state index in [0.29, 0.717) is 12.2 Å². The van der Waals surface area contributed by atoms with E-state index in [1.54, 1.807) is 0 Å². The minimum absolute atomic E-state index is 0.383. The summed E-state index contributed by atoms with van der Waals surface area (Å²) in [5.41, 5.74) is 1.25. The maximum absolute atomic E-state index is 5.82. The quantitative estimate of drug-likeness (QED) is 0.621. The van der Waals surface area contributed by atoms with Crippen LogP contribution in [0.2, 0.25) is 0 Å². The van der Waals surface area contributed by atoms with Gasteiger partial charge >= 0.3 is 0 Å². The summed E-state index contributed by atoms with van der Waals surface area (Å²) in [7, 11) is 2.16. The predicted octanol–water partition coefficient (Wildman–Crippen LogP) is 2.06. The Balaban J connectivity index is 2.28. The number of allylic oxidation sites excluding steroid dienone is 1. The van der Waals surface area contributed by atoms with Crippen molar-refractivity contribution in [2.45, 2.75) is 38.9 Å². The summed E-state index contributed by atoms with van der Waals surface area (Å²) in [6.45, 7) is 10.3. The van der Waals surface area contributed by atoms with Crippen molar-refractivity contribution in [3.05, 3.63) is 12.2 Å². The first-order valence-corrected chi connectivity index (χ1v) is 5.06. The number of likely N-dealkylation sites (N-methyl/N-ethyl adjacent to an activating group) is 1. The van der Waals surface area contributed by atoms with Gasteiger partial charge in [0.05, 0.1) is 12.2 Å². The van der Waals surface area contributed by atoms with E-state index in [1.165, 1.54) is 5.57 Å².